The number of benzene rings is 1. The van der Waals surface area contributed by atoms with Crippen LogP contribution in [0.5, 0.6) is 0 Å². The highest BCUT2D eigenvalue weighted by Crippen LogP contribution is 2.29. The quantitative estimate of drug-likeness (QED) is 0.879. The molecule has 1 rings (SSSR count). The Balaban J connectivity index is 2.79. The Bertz CT molecular complexity index is 378. The molecule has 5 heteroatoms. The summed E-state index contributed by atoms with van der Waals surface area (Å²) in [5, 5.41) is 0. The largest absolute Gasteiger partial charge is 0.389 e. The van der Waals surface area contributed by atoms with E-state index in [4.69, 9.17) is 5.73 Å². The van der Waals surface area contributed by atoms with E-state index in [9.17, 15) is 13.2 Å². The molecule has 0 aliphatic carbocycles. The Morgan fingerprint density at radius 1 is 1.24 bits per heavy atom. The van der Waals surface area contributed by atoms with Crippen molar-refractivity contribution in [3.05, 3.63) is 33.3 Å². The molecule has 0 aliphatic heterocycles. The molecule has 0 radical (unpaired) electrons. The molecule has 17 heavy (non-hydrogen) atoms. The molecular formula is C12H15BrF3N. The Morgan fingerprint density at radius 2 is 1.71 bits per heavy atom. The van der Waals surface area contributed by atoms with Crippen molar-refractivity contribution in [3.8, 4) is 0 Å². The molecule has 0 saturated heterocycles. The summed E-state index contributed by atoms with van der Waals surface area (Å²) in [6, 6.07) is 3.10. The van der Waals surface area contributed by atoms with Crippen molar-refractivity contribution in [2.75, 3.05) is 0 Å². The molecule has 0 fully saturated rings. The fourth-order valence-electron chi connectivity index (χ4n) is 1.68. The number of alkyl halides is 3. The topological polar surface area (TPSA) is 26.0 Å². The van der Waals surface area contributed by atoms with Gasteiger partial charge in [0.05, 0.1) is 0 Å². The molecule has 1 unspecified atom stereocenters. The lowest BCUT2D eigenvalue weighted by atomic mass is 9.98. The lowest BCUT2D eigenvalue weighted by molar-refractivity contribution is -0.136. The van der Waals surface area contributed by atoms with Crippen molar-refractivity contribution < 1.29 is 13.2 Å². The Hall–Kier alpha value is -0.550. The molecule has 1 nitrogen and oxygen atoms in total. The normalized spacial score (nSPS) is 13.8. The average molecular weight is 310 g/mol. The summed E-state index contributed by atoms with van der Waals surface area (Å²) in [5.74, 6) is 0. The van der Waals surface area contributed by atoms with Crippen molar-refractivity contribution in [1.82, 2.24) is 0 Å². The van der Waals surface area contributed by atoms with Crippen molar-refractivity contribution in [3.63, 3.8) is 0 Å². The molecule has 0 aliphatic rings. The third-order valence-corrected chi connectivity index (χ3v) is 3.88. The summed E-state index contributed by atoms with van der Waals surface area (Å²) in [6.07, 6.45) is -5.07. The Labute approximate surface area is 107 Å². The molecule has 96 valence electrons. The van der Waals surface area contributed by atoms with E-state index in [1.165, 1.54) is 0 Å². The van der Waals surface area contributed by atoms with Crippen molar-refractivity contribution in [2.45, 2.75) is 38.9 Å². The number of halogens is 4. The fourth-order valence-corrected chi connectivity index (χ4v) is 1.91. The average Bonchev–Trinajstić information content (AvgIpc) is 2.20. The van der Waals surface area contributed by atoms with E-state index in [1.807, 2.05) is 26.0 Å². The minimum atomic E-state index is -4.14. The predicted octanol–water partition coefficient (Wildman–Crippen LogP) is 4.41. The molecule has 0 spiro atoms. The zero-order chi connectivity index (χ0) is 13.2. The number of nitrogens with two attached hydrogens (primary N) is 1. The third kappa shape index (κ3) is 4.32. The van der Waals surface area contributed by atoms with Crippen LogP contribution in [0.15, 0.2) is 16.6 Å². The molecule has 0 bridgehead atoms. The van der Waals surface area contributed by atoms with Crippen LogP contribution in [0.4, 0.5) is 13.2 Å². The number of rotatable bonds is 3. The molecule has 1 aromatic carbocycles. The van der Waals surface area contributed by atoms with Crippen LogP contribution in [0.3, 0.4) is 0 Å². The van der Waals surface area contributed by atoms with Crippen LogP contribution in [0.1, 0.15) is 35.6 Å². The van der Waals surface area contributed by atoms with Gasteiger partial charge in [-0.2, -0.15) is 13.2 Å². The maximum Gasteiger partial charge on any atom is 0.389 e. The van der Waals surface area contributed by atoms with E-state index in [0.717, 1.165) is 21.2 Å². The lowest BCUT2D eigenvalue weighted by Gasteiger charge is -2.16. The maximum absolute atomic E-state index is 12.1. The van der Waals surface area contributed by atoms with Crippen molar-refractivity contribution in [2.24, 2.45) is 5.73 Å². The molecule has 1 atom stereocenters. The van der Waals surface area contributed by atoms with Crippen LogP contribution < -0.4 is 5.73 Å². The minimum Gasteiger partial charge on any atom is -0.324 e. The highest BCUT2D eigenvalue weighted by molar-refractivity contribution is 9.10. The van der Waals surface area contributed by atoms with E-state index in [1.54, 1.807) is 0 Å². The zero-order valence-electron chi connectivity index (χ0n) is 9.74. The second-order valence-corrected chi connectivity index (χ2v) is 5.02. The Kier molecular flexibility index (Phi) is 4.61. The lowest BCUT2D eigenvalue weighted by Crippen LogP contribution is -2.16. The van der Waals surface area contributed by atoms with Gasteiger partial charge in [-0.1, -0.05) is 28.1 Å². The van der Waals surface area contributed by atoms with Crippen molar-refractivity contribution >= 4 is 15.9 Å². The van der Waals surface area contributed by atoms with Gasteiger partial charge in [0.1, 0.15) is 0 Å². The number of aryl methyl sites for hydroxylation is 2. The summed E-state index contributed by atoms with van der Waals surface area (Å²) in [6.45, 7) is 3.80. The number of hydrogen-bond donors (Lipinski definition) is 1. The van der Waals surface area contributed by atoms with E-state index in [2.05, 4.69) is 15.9 Å². The minimum absolute atomic E-state index is 0.0794. The van der Waals surface area contributed by atoms with Gasteiger partial charge < -0.3 is 5.73 Å². The summed E-state index contributed by atoms with van der Waals surface area (Å²) in [5.41, 5.74) is 8.51. The SMILES string of the molecule is Cc1cc(C(N)CCC(F)(F)F)cc(C)c1Br. The third-order valence-electron chi connectivity index (χ3n) is 2.63. The summed E-state index contributed by atoms with van der Waals surface area (Å²) in [7, 11) is 0. The van der Waals surface area contributed by atoms with Crippen LogP contribution in [-0.4, -0.2) is 6.18 Å². The fraction of sp³-hybridized carbons (Fsp3) is 0.500. The van der Waals surface area contributed by atoms with Gasteiger partial charge in [0.15, 0.2) is 0 Å². The van der Waals surface area contributed by atoms with Crippen LogP contribution in [0.2, 0.25) is 0 Å². The van der Waals surface area contributed by atoms with Gasteiger partial charge in [0.2, 0.25) is 0 Å². The zero-order valence-corrected chi connectivity index (χ0v) is 11.3. The standard InChI is InChI=1S/C12H15BrF3N/c1-7-5-9(6-8(2)11(7)13)10(17)3-4-12(14,15)16/h5-6,10H,3-4,17H2,1-2H3. The molecule has 0 amide bonds. The van der Waals surface area contributed by atoms with Crippen molar-refractivity contribution in [1.29, 1.82) is 0 Å². The van der Waals surface area contributed by atoms with E-state index < -0.39 is 18.6 Å². The van der Waals surface area contributed by atoms with E-state index in [-0.39, 0.29) is 6.42 Å². The smallest absolute Gasteiger partial charge is 0.324 e. The maximum atomic E-state index is 12.1. The summed E-state index contributed by atoms with van der Waals surface area (Å²) < 4.78 is 37.3. The summed E-state index contributed by atoms with van der Waals surface area (Å²) >= 11 is 3.41. The van der Waals surface area contributed by atoms with Gasteiger partial charge in [0, 0.05) is 16.9 Å². The predicted molar refractivity (Wildman–Crippen MR) is 65.8 cm³/mol. The Morgan fingerprint density at radius 3 is 2.12 bits per heavy atom. The van der Waals surface area contributed by atoms with E-state index >= 15 is 0 Å². The highest BCUT2D eigenvalue weighted by atomic mass is 79.9. The second kappa shape index (κ2) is 5.40. The molecule has 1 aromatic rings. The van der Waals surface area contributed by atoms with Gasteiger partial charge >= 0.3 is 6.18 Å². The molecule has 0 saturated carbocycles. The van der Waals surface area contributed by atoms with Crippen LogP contribution in [-0.2, 0) is 0 Å². The van der Waals surface area contributed by atoms with Crippen LogP contribution in [0.25, 0.3) is 0 Å². The number of hydrogen-bond acceptors (Lipinski definition) is 1. The van der Waals surface area contributed by atoms with Gasteiger partial charge in [-0.15, -0.1) is 0 Å². The van der Waals surface area contributed by atoms with Gasteiger partial charge in [0.25, 0.3) is 0 Å². The first-order valence-electron chi connectivity index (χ1n) is 5.29. The second-order valence-electron chi connectivity index (χ2n) is 4.23. The van der Waals surface area contributed by atoms with Gasteiger partial charge in [-0.05, 0) is 37.0 Å². The first kappa shape index (κ1) is 14.5. The molecule has 0 heterocycles. The monoisotopic (exact) mass is 309 g/mol. The van der Waals surface area contributed by atoms with Gasteiger partial charge in [-0.3, -0.25) is 0 Å². The van der Waals surface area contributed by atoms with Crippen LogP contribution in [0, 0.1) is 13.8 Å². The first-order valence-corrected chi connectivity index (χ1v) is 6.09. The summed E-state index contributed by atoms with van der Waals surface area (Å²) in [4.78, 5) is 0. The highest BCUT2D eigenvalue weighted by Gasteiger charge is 2.27. The van der Waals surface area contributed by atoms with Crippen LogP contribution >= 0.6 is 15.9 Å². The molecular weight excluding hydrogens is 295 g/mol. The first-order chi connectivity index (χ1) is 7.70. The van der Waals surface area contributed by atoms with E-state index in [0.29, 0.717) is 0 Å². The molecule has 2 N–H and O–H groups in total. The molecule has 0 aromatic heterocycles. The van der Waals surface area contributed by atoms with Gasteiger partial charge in [-0.25, -0.2) is 0 Å².